The van der Waals surface area contributed by atoms with Crippen LogP contribution in [0.15, 0.2) is 30.5 Å². The fourth-order valence-corrected chi connectivity index (χ4v) is 3.51. The van der Waals surface area contributed by atoms with Gasteiger partial charge in [-0.15, -0.1) is 0 Å². The van der Waals surface area contributed by atoms with Crippen LogP contribution in [0, 0.1) is 5.41 Å². The lowest BCUT2D eigenvalue weighted by molar-refractivity contribution is -0.123. The van der Waals surface area contributed by atoms with Crippen LogP contribution in [-0.4, -0.2) is 35.3 Å². The van der Waals surface area contributed by atoms with Crippen molar-refractivity contribution in [3.8, 4) is 5.75 Å². The van der Waals surface area contributed by atoms with Gasteiger partial charge in [-0.3, -0.25) is 4.79 Å². The number of nitrogens with one attached hydrogen (secondary N) is 1. The SMILES string of the molecule is COc1ccc2c(ccn2CC(=O)NC2CCCC2(C)CO)c1. The van der Waals surface area contributed by atoms with Gasteiger partial charge in [0.25, 0.3) is 0 Å². The molecular formula is C18H24N2O3. The lowest BCUT2D eigenvalue weighted by Gasteiger charge is -2.30. The molecule has 1 aromatic heterocycles. The Balaban J connectivity index is 1.71. The number of ether oxygens (including phenoxy) is 1. The van der Waals surface area contributed by atoms with Gasteiger partial charge in [-0.2, -0.15) is 0 Å². The molecule has 1 saturated carbocycles. The Kier molecular flexibility index (Phi) is 4.31. The molecule has 0 aliphatic heterocycles. The third-order valence-corrected chi connectivity index (χ3v) is 5.07. The maximum Gasteiger partial charge on any atom is 0.240 e. The summed E-state index contributed by atoms with van der Waals surface area (Å²) in [5.41, 5.74) is 0.819. The van der Waals surface area contributed by atoms with Gasteiger partial charge in [0, 0.05) is 28.6 Å². The predicted octanol–water partition coefficient (Wildman–Crippen LogP) is 2.32. The summed E-state index contributed by atoms with van der Waals surface area (Å²) >= 11 is 0. The van der Waals surface area contributed by atoms with Crippen LogP contribution in [0.1, 0.15) is 26.2 Å². The number of aromatic nitrogens is 1. The molecule has 0 saturated heterocycles. The molecule has 0 spiro atoms. The number of amides is 1. The average Bonchev–Trinajstić information content (AvgIpc) is 3.12. The normalized spacial score (nSPS) is 24.0. The van der Waals surface area contributed by atoms with E-state index >= 15 is 0 Å². The molecule has 0 bridgehead atoms. The first-order valence-corrected chi connectivity index (χ1v) is 8.09. The topological polar surface area (TPSA) is 63.5 Å². The molecule has 1 aliphatic rings. The van der Waals surface area contributed by atoms with Gasteiger partial charge in [-0.05, 0) is 37.1 Å². The average molecular weight is 316 g/mol. The Morgan fingerprint density at radius 3 is 3.04 bits per heavy atom. The number of aliphatic hydroxyl groups excluding tert-OH is 1. The highest BCUT2D eigenvalue weighted by molar-refractivity contribution is 5.84. The van der Waals surface area contributed by atoms with Gasteiger partial charge in [0.15, 0.2) is 0 Å². The summed E-state index contributed by atoms with van der Waals surface area (Å²) in [4.78, 5) is 12.4. The van der Waals surface area contributed by atoms with Gasteiger partial charge in [0.1, 0.15) is 12.3 Å². The Morgan fingerprint density at radius 2 is 2.30 bits per heavy atom. The lowest BCUT2D eigenvalue weighted by Crippen LogP contribution is -2.45. The van der Waals surface area contributed by atoms with Crippen molar-refractivity contribution in [2.45, 2.75) is 38.8 Å². The molecule has 1 heterocycles. The zero-order valence-corrected chi connectivity index (χ0v) is 13.7. The van der Waals surface area contributed by atoms with E-state index in [4.69, 9.17) is 4.74 Å². The maximum atomic E-state index is 12.4. The first-order chi connectivity index (χ1) is 11.1. The predicted molar refractivity (Wildman–Crippen MR) is 89.5 cm³/mol. The highest BCUT2D eigenvalue weighted by Crippen LogP contribution is 2.37. The maximum absolute atomic E-state index is 12.4. The number of hydrogen-bond acceptors (Lipinski definition) is 3. The molecule has 124 valence electrons. The summed E-state index contributed by atoms with van der Waals surface area (Å²) in [7, 11) is 1.64. The third-order valence-electron chi connectivity index (χ3n) is 5.07. The second-order valence-corrected chi connectivity index (χ2v) is 6.69. The summed E-state index contributed by atoms with van der Waals surface area (Å²) < 4.78 is 7.16. The second kappa shape index (κ2) is 6.24. The van der Waals surface area contributed by atoms with Crippen molar-refractivity contribution in [1.29, 1.82) is 0 Å². The molecule has 1 aliphatic carbocycles. The van der Waals surface area contributed by atoms with E-state index in [1.807, 2.05) is 42.0 Å². The fourth-order valence-electron chi connectivity index (χ4n) is 3.51. The number of rotatable bonds is 5. The van der Waals surface area contributed by atoms with Crippen LogP contribution in [-0.2, 0) is 11.3 Å². The third kappa shape index (κ3) is 3.06. The van der Waals surface area contributed by atoms with Crippen molar-refractivity contribution in [2.24, 2.45) is 5.41 Å². The molecule has 3 rings (SSSR count). The fraction of sp³-hybridized carbons (Fsp3) is 0.500. The molecule has 2 atom stereocenters. The zero-order valence-electron chi connectivity index (χ0n) is 13.7. The molecular weight excluding hydrogens is 292 g/mol. The Hall–Kier alpha value is -2.01. The van der Waals surface area contributed by atoms with Crippen molar-refractivity contribution in [2.75, 3.05) is 13.7 Å². The van der Waals surface area contributed by atoms with Crippen molar-refractivity contribution >= 4 is 16.8 Å². The number of aliphatic hydroxyl groups is 1. The smallest absolute Gasteiger partial charge is 0.240 e. The molecule has 23 heavy (non-hydrogen) atoms. The van der Waals surface area contributed by atoms with E-state index in [2.05, 4.69) is 5.32 Å². The minimum atomic E-state index is -0.193. The van der Waals surface area contributed by atoms with Crippen LogP contribution in [0.4, 0.5) is 0 Å². The summed E-state index contributed by atoms with van der Waals surface area (Å²) in [5.74, 6) is 0.800. The van der Waals surface area contributed by atoms with Crippen molar-refractivity contribution < 1.29 is 14.6 Å². The lowest BCUT2D eigenvalue weighted by atomic mass is 9.86. The van der Waals surface area contributed by atoms with E-state index < -0.39 is 0 Å². The molecule has 1 aromatic carbocycles. The van der Waals surface area contributed by atoms with E-state index in [9.17, 15) is 9.90 Å². The zero-order chi connectivity index (χ0) is 16.4. The number of benzene rings is 1. The number of methoxy groups -OCH3 is 1. The van der Waals surface area contributed by atoms with Gasteiger partial charge in [0.2, 0.25) is 5.91 Å². The molecule has 1 amide bonds. The Labute approximate surface area is 136 Å². The van der Waals surface area contributed by atoms with Gasteiger partial charge in [-0.1, -0.05) is 13.3 Å². The van der Waals surface area contributed by atoms with Crippen molar-refractivity contribution in [3.05, 3.63) is 30.5 Å². The number of nitrogens with zero attached hydrogens (tertiary/aromatic N) is 1. The first-order valence-electron chi connectivity index (χ1n) is 8.09. The summed E-state index contributed by atoms with van der Waals surface area (Å²) in [6, 6.07) is 7.87. The molecule has 1 fully saturated rings. The monoisotopic (exact) mass is 316 g/mol. The summed E-state index contributed by atoms with van der Waals surface area (Å²) in [6.45, 7) is 2.44. The molecule has 0 radical (unpaired) electrons. The van der Waals surface area contributed by atoms with Gasteiger partial charge in [-0.25, -0.2) is 0 Å². The molecule has 5 heteroatoms. The van der Waals surface area contributed by atoms with E-state index in [0.29, 0.717) is 0 Å². The van der Waals surface area contributed by atoms with Crippen LogP contribution < -0.4 is 10.1 Å². The van der Waals surface area contributed by atoms with Gasteiger partial charge in [0.05, 0.1) is 13.7 Å². The standard InChI is InChI=1S/C18H24N2O3/c1-18(12-21)8-3-4-16(18)19-17(22)11-20-9-7-13-10-14(23-2)5-6-15(13)20/h5-7,9-10,16,21H,3-4,8,11-12H2,1-2H3,(H,19,22). The number of carbonyl (C=O) groups is 1. The summed E-state index contributed by atoms with van der Waals surface area (Å²) in [5, 5.41) is 13.7. The molecule has 2 aromatic rings. The Morgan fingerprint density at radius 1 is 1.48 bits per heavy atom. The molecule has 2 unspecified atom stereocenters. The van der Waals surface area contributed by atoms with Crippen LogP contribution in [0.25, 0.3) is 10.9 Å². The number of hydrogen-bond donors (Lipinski definition) is 2. The largest absolute Gasteiger partial charge is 0.497 e. The van der Waals surface area contributed by atoms with Crippen molar-refractivity contribution in [3.63, 3.8) is 0 Å². The van der Waals surface area contributed by atoms with E-state index in [1.165, 1.54) is 0 Å². The highest BCUT2D eigenvalue weighted by Gasteiger charge is 2.38. The minimum absolute atomic E-state index is 0.00936. The Bertz CT molecular complexity index is 709. The number of fused-ring (bicyclic) bond motifs is 1. The van der Waals surface area contributed by atoms with Crippen LogP contribution in [0.5, 0.6) is 5.75 Å². The summed E-state index contributed by atoms with van der Waals surface area (Å²) in [6.07, 6.45) is 4.87. The molecule has 5 nitrogen and oxygen atoms in total. The van der Waals surface area contributed by atoms with Gasteiger partial charge >= 0.3 is 0 Å². The van der Waals surface area contributed by atoms with E-state index in [0.717, 1.165) is 35.9 Å². The quantitative estimate of drug-likeness (QED) is 0.890. The van der Waals surface area contributed by atoms with Crippen LogP contribution in [0.3, 0.4) is 0 Å². The molecule has 2 N–H and O–H groups in total. The van der Waals surface area contributed by atoms with Crippen LogP contribution in [0.2, 0.25) is 0 Å². The number of carbonyl (C=O) groups excluding carboxylic acids is 1. The minimum Gasteiger partial charge on any atom is -0.497 e. The second-order valence-electron chi connectivity index (χ2n) is 6.69. The van der Waals surface area contributed by atoms with Crippen molar-refractivity contribution in [1.82, 2.24) is 9.88 Å². The van der Waals surface area contributed by atoms with Gasteiger partial charge < -0.3 is 19.7 Å². The van der Waals surface area contributed by atoms with E-state index in [1.54, 1.807) is 7.11 Å². The first kappa shape index (κ1) is 15.9. The van der Waals surface area contributed by atoms with Crippen LogP contribution >= 0.6 is 0 Å². The highest BCUT2D eigenvalue weighted by atomic mass is 16.5. The van der Waals surface area contributed by atoms with E-state index in [-0.39, 0.29) is 30.5 Å².